The lowest BCUT2D eigenvalue weighted by Gasteiger charge is -2.25. The maximum absolute atomic E-state index is 11.1. The standard InChI is InChI=1S/C10H13NO4S/c1-14-10-8-3-6(4-9(10)15-8)7(11)5-16(2,12)13/h3-4,7H,5,11H2,1-2H3. The van der Waals surface area contributed by atoms with E-state index in [1.807, 2.05) is 0 Å². The summed E-state index contributed by atoms with van der Waals surface area (Å²) in [5, 5.41) is 0. The van der Waals surface area contributed by atoms with Gasteiger partial charge in [-0.15, -0.1) is 0 Å². The van der Waals surface area contributed by atoms with Crippen LogP contribution in [0.1, 0.15) is 11.6 Å². The smallest absolute Gasteiger partial charge is 0.204 e. The molecule has 2 aliphatic rings. The number of fused-ring (bicyclic) bond motifs is 2. The first-order valence-electron chi connectivity index (χ1n) is 4.74. The second kappa shape index (κ2) is 3.64. The van der Waals surface area contributed by atoms with Crippen molar-refractivity contribution < 1.29 is 17.9 Å². The Kier molecular flexibility index (Phi) is 2.55. The molecule has 0 aromatic heterocycles. The van der Waals surface area contributed by atoms with Gasteiger partial charge in [-0.3, -0.25) is 0 Å². The number of hydrogen-bond acceptors (Lipinski definition) is 5. The maximum Gasteiger partial charge on any atom is 0.204 e. The molecule has 1 unspecified atom stereocenters. The van der Waals surface area contributed by atoms with Crippen molar-refractivity contribution in [2.45, 2.75) is 6.04 Å². The lowest BCUT2D eigenvalue weighted by molar-refractivity contribution is 0.313. The maximum atomic E-state index is 11.1. The Morgan fingerprint density at radius 2 is 2.00 bits per heavy atom. The van der Waals surface area contributed by atoms with Gasteiger partial charge >= 0.3 is 0 Å². The third kappa shape index (κ3) is 1.98. The molecular formula is C10H13NO4S. The summed E-state index contributed by atoms with van der Waals surface area (Å²) in [4.78, 5) is 0. The first-order chi connectivity index (χ1) is 7.40. The molecule has 0 fully saturated rings. The van der Waals surface area contributed by atoms with E-state index in [1.54, 1.807) is 19.2 Å². The zero-order valence-electron chi connectivity index (χ0n) is 9.06. The molecular weight excluding hydrogens is 230 g/mol. The molecule has 16 heavy (non-hydrogen) atoms. The number of ether oxygens (including phenoxy) is 2. The topological polar surface area (TPSA) is 78.6 Å². The van der Waals surface area contributed by atoms with Crippen LogP contribution in [0, 0.1) is 0 Å². The number of sulfone groups is 1. The Balaban J connectivity index is 2.21. The van der Waals surface area contributed by atoms with E-state index in [9.17, 15) is 8.42 Å². The summed E-state index contributed by atoms with van der Waals surface area (Å²) in [6, 6.07) is 2.89. The average molecular weight is 243 g/mol. The minimum absolute atomic E-state index is 0.0712. The summed E-state index contributed by atoms with van der Waals surface area (Å²) in [6.45, 7) is 0. The molecule has 2 heterocycles. The molecule has 1 atom stereocenters. The second-order valence-electron chi connectivity index (χ2n) is 3.85. The van der Waals surface area contributed by atoms with Crippen molar-refractivity contribution in [3.05, 3.63) is 17.7 Å². The normalized spacial score (nSPS) is 14.9. The number of hydrogen-bond donors (Lipinski definition) is 1. The lowest BCUT2D eigenvalue weighted by Crippen LogP contribution is -2.21. The van der Waals surface area contributed by atoms with E-state index in [1.165, 1.54) is 6.26 Å². The first-order valence-corrected chi connectivity index (χ1v) is 6.80. The zero-order chi connectivity index (χ0) is 11.9. The minimum Gasteiger partial charge on any atom is -0.490 e. The van der Waals surface area contributed by atoms with E-state index in [0.717, 1.165) is 5.56 Å². The molecule has 0 saturated heterocycles. The van der Waals surface area contributed by atoms with Crippen LogP contribution in [0.5, 0.6) is 17.2 Å². The van der Waals surface area contributed by atoms with Crippen molar-refractivity contribution in [1.29, 1.82) is 0 Å². The van der Waals surface area contributed by atoms with Crippen LogP contribution in [0.4, 0.5) is 0 Å². The predicted octanol–water partition coefficient (Wildman–Crippen LogP) is 0.845. The largest absolute Gasteiger partial charge is 0.490 e. The molecule has 88 valence electrons. The highest BCUT2D eigenvalue weighted by molar-refractivity contribution is 7.90. The molecule has 5 nitrogen and oxygen atoms in total. The van der Waals surface area contributed by atoms with Crippen molar-refractivity contribution in [1.82, 2.24) is 0 Å². The van der Waals surface area contributed by atoms with Crippen LogP contribution in [0.2, 0.25) is 0 Å². The highest BCUT2D eigenvalue weighted by atomic mass is 32.2. The lowest BCUT2D eigenvalue weighted by atomic mass is 10.1. The summed E-state index contributed by atoms with van der Waals surface area (Å²) < 4.78 is 32.5. The zero-order valence-corrected chi connectivity index (χ0v) is 9.87. The van der Waals surface area contributed by atoms with Gasteiger partial charge in [-0.2, -0.15) is 0 Å². The van der Waals surface area contributed by atoms with Gasteiger partial charge in [-0.05, 0) is 17.7 Å². The highest BCUT2D eigenvalue weighted by Crippen LogP contribution is 2.51. The number of benzene rings is 1. The van der Waals surface area contributed by atoms with Gasteiger partial charge in [0.05, 0.1) is 12.9 Å². The molecule has 6 heteroatoms. The summed E-state index contributed by atoms with van der Waals surface area (Å²) >= 11 is 0. The van der Waals surface area contributed by atoms with Crippen molar-refractivity contribution >= 4 is 9.84 Å². The van der Waals surface area contributed by atoms with Crippen LogP contribution < -0.4 is 15.2 Å². The van der Waals surface area contributed by atoms with E-state index >= 15 is 0 Å². The van der Waals surface area contributed by atoms with Crippen molar-refractivity contribution in [2.24, 2.45) is 5.73 Å². The van der Waals surface area contributed by atoms with Gasteiger partial charge in [-0.1, -0.05) is 0 Å². The van der Waals surface area contributed by atoms with Crippen molar-refractivity contribution in [2.75, 3.05) is 19.1 Å². The minimum atomic E-state index is -3.08. The van der Waals surface area contributed by atoms with E-state index in [-0.39, 0.29) is 5.75 Å². The van der Waals surface area contributed by atoms with Gasteiger partial charge in [0.25, 0.3) is 0 Å². The van der Waals surface area contributed by atoms with Gasteiger partial charge in [0.2, 0.25) is 5.75 Å². The molecule has 0 saturated carbocycles. The first kappa shape index (κ1) is 11.2. The monoisotopic (exact) mass is 243 g/mol. The van der Waals surface area contributed by atoms with Crippen LogP contribution in [0.25, 0.3) is 0 Å². The third-order valence-corrected chi connectivity index (χ3v) is 3.34. The Morgan fingerprint density at radius 3 is 2.44 bits per heavy atom. The van der Waals surface area contributed by atoms with E-state index < -0.39 is 15.9 Å². The van der Waals surface area contributed by atoms with Gasteiger partial charge in [-0.25, -0.2) is 8.42 Å². The Labute approximate surface area is 94.1 Å². The molecule has 2 bridgehead atoms. The molecule has 3 rings (SSSR count). The molecule has 0 amide bonds. The SMILES string of the molecule is COc1c2cc(C(N)CS(C)(=O)=O)cc1O2. The van der Waals surface area contributed by atoms with Crippen molar-refractivity contribution in [3.8, 4) is 17.2 Å². The summed E-state index contributed by atoms with van der Waals surface area (Å²) in [7, 11) is -1.52. The summed E-state index contributed by atoms with van der Waals surface area (Å²) in [5.41, 5.74) is 6.55. The molecule has 1 aromatic carbocycles. The Hall–Kier alpha value is -1.27. The Bertz CT molecular complexity index is 501. The summed E-state index contributed by atoms with van der Waals surface area (Å²) in [6.07, 6.45) is 1.17. The average Bonchev–Trinajstić information content (AvgIpc) is 2.16. The van der Waals surface area contributed by atoms with Gasteiger partial charge in [0.1, 0.15) is 9.84 Å². The van der Waals surface area contributed by atoms with Crippen molar-refractivity contribution in [3.63, 3.8) is 0 Å². The van der Waals surface area contributed by atoms with E-state index in [0.29, 0.717) is 17.2 Å². The fourth-order valence-corrected chi connectivity index (χ4v) is 2.50. The van der Waals surface area contributed by atoms with Gasteiger partial charge in [0, 0.05) is 12.3 Å². The number of nitrogens with two attached hydrogens (primary N) is 1. The predicted molar refractivity (Wildman–Crippen MR) is 59.7 cm³/mol. The van der Waals surface area contributed by atoms with Crippen LogP contribution in [0.3, 0.4) is 0 Å². The molecule has 0 radical (unpaired) electrons. The number of rotatable bonds is 4. The molecule has 2 aliphatic heterocycles. The molecule has 0 spiro atoms. The van der Waals surface area contributed by atoms with Crippen LogP contribution in [0.15, 0.2) is 12.1 Å². The summed E-state index contributed by atoms with van der Waals surface area (Å²) in [5.74, 6) is 1.84. The quantitative estimate of drug-likeness (QED) is 0.861. The van der Waals surface area contributed by atoms with E-state index in [2.05, 4.69) is 0 Å². The molecule has 0 aliphatic carbocycles. The van der Waals surface area contributed by atoms with Gasteiger partial charge in [0.15, 0.2) is 11.5 Å². The van der Waals surface area contributed by atoms with Crippen LogP contribution >= 0.6 is 0 Å². The fourth-order valence-electron chi connectivity index (χ4n) is 1.66. The second-order valence-corrected chi connectivity index (χ2v) is 6.04. The highest BCUT2D eigenvalue weighted by Gasteiger charge is 2.26. The number of methoxy groups -OCH3 is 1. The van der Waals surface area contributed by atoms with Crippen LogP contribution in [-0.2, 0) is 9.84 Å². The Morgan fingerprint density at radius 1 is 1.44 bits per heavy atom. The van der Waals surface area contributed by atoms with E-state index in [4.69, 9.17) is 15.2 Å². The third-order valence-electron chi connectivity index (χ3n) is 2.38. The molecule has 2 N–H and O–H groups in total. The fraction of sp³-hybridized carbons (Fsp3) is 0.400. The van der Waals surface area contributed by atoms with Crippen LogP contribution in [-0.4, -0.2) is 27.5 Å². The molecule has 1 aromatic rings. The van der Waals surface area contributed by atoms with Gasteiger partial charge < -0.3 is 15.2 Å².